The molecule has 0 spiro atoms. The number of anilines is 1. The lowest BCUT2D eigenvalue weighted by Gasteiger charge is -2.41. The Labute approximate surface area is 118 Å². The fourth-order valence-corrected chi connectivity index (χ4v) is 3.12. The van der Waals surface area contributed by atoms with Crippen molar-refractivity contribution in [2.24, 2.45) is 0 Å². The zero-order valence-electron chi connectivity index (χ0n) is 11.4. The van der Waals surface area contributed by atoms with Gasteiger partial charge in [-0.05, 0) is 25.6 Å². The Hall–Kier alpha value is -1.26. The monoisotopic (exact) mass is 278 g/mol. The summed E-state index contributed by atoms with van der Waals surface area (Å²) in [4.78, 5) is 12.3. The zero-order valence-corrected chi connectivity index (χ0v) is 12.1. The molecule has 1 aliphatic heterocycles. The van der Waals surface area contributed by atoms with Gasteiger partial charge in [-0.15, -0.1) is 0 Å². The van der Waals surface area contributed by atoms with Crippen molar-refractivity contribution in [1.82, 2.24) is 14.9 Å². The Morgan fingerprint density at radius 3 is 3.00 bits per heavy atom. The molecule has 0 amide bonds. The molecule has 0 saturated carbocycles. The fraction of sp³-hybridized carbons (Fsp3) is 0.500. The van der Waals surface area contributed by atoms with Gasteiger partial charge in [0.25, 0.3) is 0 Å². The smallest absolute Gasteiger partial charge is 0.0931 e. The lowest BCUT2D eigenvalue weighted by Crippen LogP contribution is -2.51. The van der Waals surface area contributed by atoms with Crippen LogP contribution in [0, 0.1) is 0 Å². The highest BCUT2D eigenvalue weighted by Crippen LogP contribution is 2.32. The van der Waals surface area contributed by atoms with E-state index in [0.29, 0.717) is 6.04 Å². The zero-order chi connectivity index (χ0) is 13.4. The highest BCUT2D eigenvalue weighted by Gasteiger charge is 2.24. The molecular weight excluding hydrogens is 260 g/mol. The quantitative estimate of drug-likeness (QED) is 0.917. The predicted octanol–water partition coefficient (Wildman–Crippen LogP) is 2.75. The van der Waals surface area contributed by atoms with Gasteiger partial charge in [0.2, 0.25) is 0 Å². The highest BCUT2D eigenvalue weighted by molar-refractivity contribution is 6.34. The van der Waals surface area contributed by atoms with Gasteiger partial charge < -0.3 is 9.88 Å². The van der Waals surface area contributed by atoms with E-state index in [2.05, 4.69) is 39.7 Å². The molecule has 0 aliphatic carbocycles. The van der Waals surface area contributed by atoms with Crippen molar-refractivity contribution in [2.45, 2.75) is 19.9 Å². The molecule has 1 aromatic carbocycles. The van der Waals surface area contributed by atoms with E-state index in [-0.39, 0.29) is 0 Å². The number of imidazole rings is 1. The van der Waals surface area contributed by atoms with Gasteiger partial charge in [-0.3, -0.25) is 4.90 Å². The van der Waals surface area contributed by atoms with Gasteiger partial charge in [-0.1, -0.05) is 18.5 Å². The molecule has 19 heavy (non-hydrogen) atoms. The maximum atomic E-state index is 6.43. The van der Waals surface area contributed by atoms with E-state index in [9.17, 15) is 0 Å². The maximum Gasteiger partial charge on any atom is 0.0931 e. The van der Waals surface area contributed by atoms with Crippen LogP contribution in [0.1, 0.15) is 13.8 Å². The third-order valence-corrected chi connectivity index (χ3v) is 4.26. The van der Waals surface area contributed by atoms with E-state index in [0.717, 1.165) is 47.9 Å². The first-order chi connectivity index (χ1) is 9.19. The molecule has 0 radical (unpaired) electrons. The van der Waals surface area contributed by atoms with Gasteiger partial charge in [-0.25, -0.2) is 4.98 Å². The lowest BCUT2D eigenvalue weighted by molar-refractivity contribution is 0.240. The minimum Gasteiger partial charge on any atom is -0.365 e. The predicted molar refractivity (Wildman–Crippen MR) is 80.0 cm³/mol. The van der Waals surface area contributed by atoms with Gasteiger partial charge in [0.05, 0.1) is 28.1 Å². The van der Waals surface area contributed by atoms with E-state index in [4.69, 9.17) is 11.6 Å². The lowest BCUT2D eigenvalue weighted by atomic mass is 10.1. The number of hydrogen-bond acceptors (Lipinski definition) is 3. The van der Waals surface area contributed by atoms with Crippen molar-refractivity contribution in [3.63, 3.8) is 0 Å². The minimum atomic E-state index is 0.475. The molecule has 1 aromatic heterocycles. The van der Waals surface area contributed by atoms with Gasteiger partial charge in [-0.2, -0.15) is 0 Å². The van der Waals surface area contributed by atoms with Crippen LogP contribution >= 0.6 is 11.6 Å². The second kappa shape index (κ2) is 5.02. The molecule has 0 bridgehead atoms. The second-order valence-electron chi connectivity index (χ2n) is 5.16. The van der Waals surface area contributed by atoms with Crippen LogP contribution in [0.15, 0.2) is 18.5 Å². The number of H-pyrrole nitrogens is 1. The third-order valence-electron chi connectivity index (χ3n) is 3.96. The van der Waals surface area contributed by atoms with Crippen molar-refractivity contribution < 1.29 is 0 Å². The summed E-state index contributed by atoms with van der Waals surface area (Å²) in [6.45, 7) is 8.79. The Kier molecular flexibility index (Phi) is 3.37. The topological polar surface area (TPSA) is 35.2 Å². The van der Waals surface area contributed by atoms with E-state index in [1.807, 2.05) is 6.07 Å². The summed E-state index contributed by atoms with van der Waals surface area (Å²) in [6.07, 6.45) is 1.71. The van der Waals surface area contributed by atoms with E-state index in [1.165, 1.54) is 0 Å². The number of nitrogens with zero attached hydrogens (tertiary/aromatic N) is 3. The molecule has 1 saturated heterocycles. The summed E-state index contributed by atoms with van der Waals surface area (Å²) < 4.78 is 0. The Morgan fingerprint density at radius 2 is 2.26 bits per heavy atom. The average Bonchev–Trinajstić information content (AvgIpc) is 2.85. The van der Waals surface area contributed by atoms with E-state index < -0.39 is 0 Å². The maximum absolute atomic E-state index is 6.43. The Bertz CT molecular complexity index is 580. The van der Waals surface area contributed by atoms with Crippen LogP contribution in [0.5, 0.6) is 0 Å². The Morgan fingerprint density at radius 1 is 1.42 bits per heavy atom. The molecule has 2 aromatic rings. The molecule has 1 fully saturated rings. The normalized spacial score (nSPS) is 21.2. The number of likely N-dealkylation sites (N-methyl/N-ethyl adjacent to an activating group) is 1. The minimum absolute atomic E-state index is 0.475. The SMILES string of the molecule is CCN1CCN(c2cc3nc[nH]c3cc2Cl)C(C)C1. The van der Waals surface area contributed by atoms with Crippen LogP contribution in [0.3, 0.4) is 0 Å². The van der Waals surface area contributed by atoms with Crippen molar-refractivity contribution in [3.8, 4) is 0 Å². The van der Waals surface area contributed by atoms with Gasteiger partial charge in [0.1, 0.15) is 0 Å². The molecular formula is C14H19ClN4. The fourth-order valence-electron chi connectivity index (χ4n) is 2.84. The summed E-state index contributed by atoms with van der Waals surface area (Å²) in [5.74, 6) is 0. The molecule has 4 nitrogen and oxygen atoms in total. The van der Waals surface area contributed by atoms with E-state index in [1.54, 1.807) is 6.33 Å². The van der Waals surface area contributed by atoms with Crippen LogP contribution in [-0.2, 0) is 0 Å². The number of benzene rings is 1. The van der Waals surface area contributed by atoms with Crippen LogP contribution in [0.4, 0.5) is 5.69 Å². The summed E-state index contributed by atoms with van der Waals surface area (Å²) in [5, 5.41) is 0.800. The molecule has 1 N–H and O–H groups in total. The summed E-state index contributed by atoms with van der Waals surface area (Å²) in [7, 11) is 0. The summed E-state index contributed by atoms with van der Waals surface area (Å²) in [5.41, 5.74) is 3.07. The standard InChI is InChI=1S/C14H19ClN4/c1-3-18-4-5-19(10(2)8-18)14-7-13-12(6-11(14)15)16-9-17-13/h6-7,9-10H,3-5,8H2,1-2H3,(H,16,17). The first kappa shape index (κ1) is 12.8. The number of hydrogen-bond donors (Lipinski definition) is 1. The van der Waals surface area contributed by atoms with Gasteiger partial charge in [0.15, 0.2) is 0 Å². The molecule has 1 unspecified atom stereocenters. The second-order valence-corrected chi connectivity index (χ2v) is 5.57. The van der Waals surface area contributed by atoms with E-state index >= 15 is 0 Å². The molecule has 1 aliphatic rings. The summed E-state index contributed by atoms with van der Waals surface area (Å²) in [6, 6.07) is 4.53. The third kappa shape index (κ3) is 2.30. The average molecular weight is 279 g/mol. The van der Waals surface area contributed by atoms with Crippen molar-refractivity contribution >= 4 is 28.3 Å². The first-order valence-corrected chi connectivity index (χ1v) is 7.18. The van der Waals surface area contributed by atoms with Crippen molar-refractivity contribution in [2.75, 3.05) is 31.1 Å². The number of aromatic amines is 1. The largest absolute Gasteiger partial charge is 0.365 e. The number of rotatable bonds is 2. The van der Waals surface area contributed by atoms with Gasteiger partial charge in [0, 0.05) is 25.7 Å². The molecule has 5 heteroatoms. The van der Waals surface area contributed by atoms with Gasteiger partial charge >= 0.3 is 0 Å². The van der Waals surface area contributed by atoms with Crippen LogP contribution < -0.4 is 4.90 Å². The Balaban J connectivity index is 1.93. The summed E-state index contributed by atoms with van der Waals surface area (Å²) >= 11 is 6.43. The van der Waals surface area contributed by atoms with Crippen LogP contribution in [0.25, 0.3) is 11.0 Å². The molecule has 3 rings (SSSR count). The van der Waals surface area contributed by atoms with Crippen molar-refractivity contribution in [1.29, 1.82) is 0 Å². The number of halogens is 1. The number of fused-ring (bicyclic) bond motifs is 1. The molecule has 2 heterocycles. The van der Waals surface area contributed by atoms with Crippen molar-refractivity contribution in [3.05, 3.63) is 23.5 Å². The molecule has 1 atom stereocenters. The number of nitrogens with one attached hydrogen (secondary N) is 1. The highest BCUT2D eigenvalue weighted by atomic mass is 35.5. The number of aromatic nitrogens is 2. The van der Waals surface area contributed by atoms with Crippen LogP contribution in [0.2, 0.25) is 5.02 Å². The van der Waals surface area contributed by atoms with Crippen LogP contribution in [-0.4, -0.2) is 47.1 Å². The molecule has 102 valence electrons. The first-order valence-electron chi connectivity index (χ1n) is 6.80. The number of piperazine rings is 1.